The largest absolute Gasteiger partial charge is 0.335 e. The Labute approximate surface area is 145 Å². The summed E-state index contributed by atoms with van der Waals surface area (Å²) in [7, 11) is -2.92. The van der Waals surface area contributed by atoms with Gasteiger partial charge in [0.15, 0.2) is 5.13 Å². The Morgan fingerprint density at radius 3 is 2.62 bits per heavy atom. The fourth-order valence-electron chi connectivity index (χ4n) is 2.60. The van der Waals surface area contributed by atoms with Gasteiger partial charge in [-0.3, -0.25) is 5.32 Å². The Hall–Kier alpha value is -1.93. The molecule has 0 saturated carbocycles. The van der Waals surface area contributed by atoms with E-state index in [1.54, 1.807) is 6.20 Å². The van der Waals surface area contributed by atoms with Crippen LogP contribution in [0.25, 0.3) is 0 Å². The minimum atomic E-state index is -2.92. The van der Waals surface area contributed by atoms with E-state index in [-0.39, 0.29) is 23.6 Å². The zero-order chi connectivity index (χ0) is 17.0. The first-order chi connectivity index (χ1) is 11.5. The van der Waals surface area contributed by atoms with E-state index >= 15 is 0 Å². The quantitative estimate of drug-likeness (QED) is 0.871. The fraction of sp³-hybridized carbons (Fsp3) is 0.375. The SMILES string of the molecule is O=C(Nc1ncc(Cc2ccccc2)s1)NC1CCS(=O)(=O)CC1. The first-order valence-electron chi connectivity index (χ1n) is 7.77. The molecule has 0 aliphatic carbocycles. The number of carbonyl (C=O) groups excluding carboxylic acids is 1. The Morgan fingerprint density at radius 1 is 1.21 bits per heavy atom. The second-order valence-corrected chi connectivity index (χ2v) is 9.24. The van der Waals surface area contributed by atoms with Crippen LogP contribution in [-0.2, 0) is 16.3 Å². The van der Waals surface area contributed by atoms with Gasteiger partial charge in [-0.15, -0.1) is 11.3 Å². The number of hydrogen-bond acceptors (Lipinski definition) is 5. The van der Waals surface area contributed by atoms with Crippen molar-refractivity contribution in [3.8, 4) is 0 Å². The van der Waals surface area contributed by atoms with Gasteiger partial charge < -0.3 is 5.32 Å². The van der Waals surface area contributed by atoms with Crippen molar-refractivity contribution in [2.75, 3.05) is 16.8 Å². The average molecular weight is 365 g/mol. The molecule has 6 nitrogen and oxygen atoms in total. The van der Waals surface area contributed by atoms with Crippen molar-refractivity contribution in [3.63, 3.8) is 0 Å². The lowest BCUT2D eigenvalue weighted by Crippen LogP contribution is -2.42. The number of hydrogen-bond donors (Lipinski definition) is 2. The third-order valence-electron chi connectivity index (χ3n) is 3.89. The van der Waals surface area contributed by atoms with Gasteiger partial charge in [0.2, 0.25) is 0 Å². The number of thiazole rings is 1. The van der Waals surface area contributed by atoms with Gasteiger partial charge in [0.1, 0.15) is 9.84 Å². The summed E-state index contributed by atoms with van der Waals surface area (Å²) in [6.45, 7) is 0. The van der Waals surface area contributed by atoms with Gasteiger partial charge in [0, 0.05) is 23.5 Å². The van der Waals surface area contributed by atoms with Gasteiger partial charge >= 0.3 is 6.03 Å². The standard InChI is InChI=1S/C16H19N3O3S2/c20-15(18-13-6-8-24(21,22)9-7-13)19-16-17-11-14(23-16)10-12-4-2-1-3-5-12/h1-5,11,13H,6-10H2,(H2,17,18,19,20). The lowest BCUT2D eigenvalue weighted by Gasteiger charge is -2.22. The van der Waals surface area contributed by atoms with Crippen LogP contribution in [0.4, 0.5) is 9.93 Å². The van der Waals surface area contributed by atoms with Crippen LogP contribution in [0, 0.1) is 0 Å². The van der Waals surface area contributed by atoms with Crippen LogP contribution >= 0.6 is 11.3 Å². The normalized spacial score (nSPS) is 17.3. The van der Waals surface area contributed by atoms with Crippen LogP contribution in [0.1, 0.15) is 23.3 Å². The maximum atomic E-state index is 12.0. The lowest BCUT2D eigenvalue weighted by atomic mass is 10.1. The predicted octanol–water partition coefficient (Wildman–Crippen LogP) is 2.43. The molecule has 2 aromatic rings. The molecule has 0 atom stereocenters. The highest BCUT2D eigenvalue weighted by Gasteiger charge is 2.24. The molecule has 1 aromatic heterocycles. The molecular weight excluding hydrogens is 346 g/mol. The molecule has 0 spiro atoms. The monoisotopic (exact) mass is 365 g/mol. The van der Waals surface area contributed by atoms with E-state index in [2.05, 4.69) is 27.8 Å². The number of rotatable bonds is 4. The van der Waals surface area contributed by atoms with Gasteiger partial charge in [-0.2, -0.15) is 0 Å². The van der Waals surface area contributed by atoms with Crippen LogP contribution in [0.3, 0.4) is 0 Å². The summed E-state index contributed by atoms with van der Waals surface area (Å²) in [6.07, 6.45) is 3.47. The molecule has 0 unspecified atom stereocenters. The smallest absolute Gasteiger partial charge is 0.321 e. The average Bonchev–Trinajstić information content (AvgIpc) is 2.97. The highest BCUT2D eigenvalue weighted by molar-refractivity contribution is 7.91. The number of aromatic nitrogens is 1. The molecule has 1 aliphatic rings. The van der Waals surface area contributed by atoms with Crippen molar-refractivity contribution in [1.29, 1.82) is 0 Å². The summed E-state index contributed by atoms with van der Waals surface area (Å²) in [5.74, 6) is 0.271. The number of carbonyl (C=O) groups is 1. The molecular formula is C16H19N3O3S2. The van der Waals surface area contributed by atoms with Gasteiger partial charge in [0.05, 0.1) is 11.5 Å². The van der Waals surface area contributed by atoms with Gasteiger partial charge in [-0.25, -0.2) is 18.2 Å². The number of nitrogens with zero attached hydrogens (tertiary/aromatic N) is 1. The van der Waals surface area contributed by atoms with E-state index in [0.29, 0.717) is 18.0 Å². The second-order valence-electron chi connectivity index (χ2n) is 5.82. The van der Waals surface area contributed by atoms with Gasteiger partial charge in [-0.1, -0.05) is 30.3 Å². The van der Waals surface area contributed by atoms with Crippen molar-refractivity contribution < 1.29 is 13.2 Å². The lowest BCUT2D eigenvalue weighted by molar-refractivity contribution is 0.247. The molecule has 2 N–H and O–H groups in total. The second kappa shape index (κ2) is 7.31. The number of urea groups is 1. The first kappa shape index (κ1) is 16.9. The predicted molar refractivity (Wildman–Crippen MR) is 95.2 cm³/mol. The summed E-state index contributed by atoms with van der Waals surface area (Å²) in [5.41, 5.74) is 1.19. The van der Waals surface area contributed by atoms with E-state index in [1.165, 1.54) is 16.9 Å². The highest BCUT2D eigenvalue weighted by Crippen LogP contribution is 2.21. The zero-order valence-electron chi connectivity index (χ0n) is 13.1. The van der Waals surface area contributed by atoms with Crippen molar-refractivity contribution in [3.05, 3.63) is 47.0 Å². The van der Waals surface area contributed by atoms with E-state index in [0.717, 1.165) is 11.3 Å². The molecule has 1 aromatic carbocycles. The summed E-state index contributed by atoms with van der Waals surface area (Å²) >= 11 is 1.44. The summed E-state index contributed by atoms with van der Waals surface area (Å²) in [4.78, 5) is 17.3. The number of nitrogens with one attached hydrogen (secondary N) is 2. The maximum absolute atomic E-state index is 12.0. The van der Waals surface area contributed by atoms with Crippen molar-refractivity contribution in [1.82, 2.24) is 10.3 Å². The minimum absolute atomic E-state index is 0.0997. The molecule has 1 saturated heterocycles. The van der Waals surface area contributed by atoms with Crippen LogP contribution in [0.2, 0.25) is 0 Å². The molecule has 1 aliphatic heterocycles. The molecule has 2 amide bonds. The third kappa shape index (κ3) is 4.78. The molecule has 3 rings (SSSR count). The van der Waals surface area contributed by atoms with Crippen LogP contribution in [0.15, 0.2) is 36.5 Å². The molecule has 0 bridgehead atoms. The van der Waals surface area contributed by atoms with E-state index in [9.17, 15) is 13.2 Å². The van der Waals surface area contributed by atoms with E-state index in [1.807, 2.05) is 18.2 Å². The third-order valence-corrected chi connectivity index (χ3v) is 6.51. The van der Waals surface area contributed by atoms with E-state index < -0.39 is 9.84 Å². The Bertz CT molecular complexity index is 789. The Kier molecular flexibility index (Phi) is 5.15. The van der Waals surface area contributed by atoms with Gasteiger partial charge in [-0.05, 0) is 18.4 Å². The van der Waals surface area contributed by atoms with Crippen molar-refractivity contribution in [2.24, 2.45) is 0 Å². The van der Waals surface area contributed by atoms with E-state index in [4.69, 9.17) is 0 Å². The van der Waals surface area contributed by atoms with Crippen molar-refractivity contribution in [2.45, 2.75) is 25.3 Å². The molecule has 24 heavy (non-hydrogen) atoms. The summed E-state index contributed by atoms with van der Waals surface area (Å²) in [6, 6.07) is 9.63. The topological polar surface area (TPSA) is 88.2 Å². The summed E-state index contributed by atoms with van der Waals surface area (Å²) < 4.78 is 22.8. The number of anilines is 1. The summed E-state index contributed by atoms with van der Waals surface area (Å²) in [5, 5.41) is 6.08. The molecule has 1 fully saturated rings. The maximum Gasteiger partial charge on any atom is 0.321 e. The highest BCUT2D eigenvalue weighted by atomic mass is 32.2. The number of amides is 2. The zero-order valence-corrected chi connectivity index (χ0v) is 14.7. The molecule has 2 heterocycles. The molecule has 0 radical (unpaired) electrons. The van der Waals surface area contributed by atoms with Crippen molar-refractivity contribution >= 4 is 32.3 Å². The Morgan fingerprint density at radius 2 is 1.92 bits per heavy atom. The first-order valence-corrected chi connectivity index (χ1v) is 10.4. The number of benzene rings is 1. The number of sulfone groups is 1. The minimum Gasteiger partial charge on any atom is -0.335 e. The Balaban J connectivity index is 1.50. The molecule has 128 valence electrons. The van der Waals surface area contributed by atoms with Crippen LogP contribution < -0.4 is 10.6 Å². The van der Waals surface area contributed by atoms with Gasteiger partial charge in [0.25, 0.3) is 0 Å². The van der Waals surface area contributed by atoms with Crippen LogP contribution in [0.5, 0.6) is 0 Å². The molecule has 8 heteroatoms. The fourth-order valence-corrected chi connectivity index (χ4v) is 4.93. The van der Waals surface area contributed by atoms with Crippen LogP contribution in [-0.4, -0.2) is 37.0 Å².